The smallest absolute Gasteiger partial charge is 0.410 e. The van der Waals surface area contributed by atoms with Gasteiger partial charge in [-0.1, -0.05) is 0 Å². The van der Waals surface area contributed by atoms with Crippen molar-refractivity contribution in [1.82, 2.24) is 19.4 Å². The second kappa shape index (κ2) is 5.25. The van der Waals surface area contributed by atoms with Gasteiger partial charge in [0.2, 0.25) is 5.91 Å². The lowest BCUT2D eigenvalue weighted by Crippen LogP contribution is -2.41. The van der Waals surface area contributed by atoms with Crippen molar-refractivity contribution in [3.63, 3.8) is 0 Å². The predicted octanol–water partition coefficient (Wildman–Crippen LogP) is -1.33. The van der Waals surface area contributed by atoms with Crippen molar-refractivity contribution in [1.29, 1.82) is 0 Å². The summed E-state index contributed by atoms with van der Waals surface area (Å²) in [5.41, 5.74) is -1.41. The first-order valence-corrected chi connectivity index (χ1v) is 7.31. The maximum absolute atomic E-state index is 12.4. The number of rotatable bonds is 2. The van der Waals surface area contributed by atoms with Gasteiger partial charge in [-0.2, -0.15) is 0 Å². The van der Waals surface area contributed by atoms with Gasteiger partial charge in [-0.05, 0) is 0 Å². The van der Waals surface area contributed by atoms with Gasteiger partial charge in [0.05, 0.1) is 19.5 Å². The average Bonchev–Trinajstić information content (AvgIpc) is 3.03. The van der Waals surface area contributed by atoms with Crippen LogP contribution in [-0.2, 0) is 23.0 Å². The third-order valence-corrected chi connectivity index (χ3v) is 4.41. The molecule has 3 heterocycles. The monoisotopic (exact) mass is 322 g/mol. The minimum atomic E-state index is -0.641. The van der Waals surface area contributed by atoms with E-state index in [0.29, 0.717) is 26.1 Å². The minimum absolute atomic E-state index is 0.0939. The molecule has 2 aliphatic rings. The molecule has 1 unspecified atom stereocenters. The Morgan fingerprint density at radius 3 is 2.70 bits per heavy atom. The molecule has 2 saturated heterocycles. The highest BCUT2D eigenvalue weighted by molar-refractivity contribution is 5.79. The number of amides is 2. The molecule has 1 aromatic heterocycles. The van der Waals surface area contributed by atoms with E-state index < -0.39 is 16.9 Å². The van der Waals surface area contributed by atoms with E-state index in [4.69, 9.17) is 4.74 Å². The standard InChI is InChI=1S/C14H18N4O5/c1-16-7-14(23-13(16)22)3-4-18(8-14)10(19)5-9-6-15-12(21)17(2)11(9)20/h6H,3-5,7-8H2,1-2H3,(H,15,21). The molecule has 0 saturated carbocycles. The van der Waals surface area contributed by atoms with Crippen LogP contribution in [0, 0.1) is 0 Å². The minimum Gasteiger partial charge on any atom is -0.439 e. The number of likely N-dealkylation sites (tertiary alicyclic amines) is 1. The van der Waals surface area contributed by atoms with E-state index in [1.165, 1.54) is 18.1 Å². The Kier molecular flexibility index (Phi) is 3.50. The molecule has 23 heavy (non-hydrogen) atoms. The van der Waals surface area contributed by atoms with Gasteiger partial charge in [-0.15, -0.1) is 0 Å². The number of aromatic nitrogens is 2. The Morgan fingerprint density at radius 1 is 1.30 bits per heavy atom. The summed E-state index contributed by atoms with van der Waals surface area (Å²) in [7, 11) is 3.01. The van der Waals surface area contributed by atoms with E-state index in [1.807, 2.05) is 0 Å². The maximum Gasteiger partial charge on any atom is 0.410 e. The number of hydrogen-bond acceptors (Lipinski definition) is 5. The summed E-state index contributed by atoms with van der Waals surface area (Å²) in [4.78, 5) is 52.7. The quantitative estimate of drug-likeness (QED) is 0.726. The van der Waals surface area contributed by atoms with Crippen LogP contribution in [0.15, 0.2) is 15.8 Å². The molecule has 2 amide bonds. The number of H-pyrrole nitrogens is 1. The molecule has 0 bridgehead atoms. The van der Waals surface area contributed by atoms with Crippen LogP contribution in [0.5, 0.6) is 0 Å². The van der Waals surface area contributed by atoms with Crippen molar-refractivity contribution in [2.24, 2.45) is 7.05 Å². The summed E-state index contributed by atoms with van der Waals surface area (Å²) in [5.74, 6) is -0.225. The zero-order chi connectivity index (χ0) is 16.8. The number of nitrogens with zero attached hydrogens (tertiary/aromatic N) is 3. The first-order chi connectivity index (χ1) is 10.8. The number of hydrogen-bond donors (Lipinski definition) is 1. The van der Waals surface area contributed by atoms with E-state index in [9.17, 15) is 19.2 Å². The van der Waals surface area contributed by atoms with Crippen LogP contribution >= 0.6 is 0 Å². The number of ether oxygens (including phenoxy) is 1. The van der Waals surface area contributed by atoms with Gasteiger partial charge in [-0.3, -0.25) is 14.2 Å². The fourth-order valence-corrected chi connectivity index (χ4v) is 3.08. The number of nitrogens with one attached hydrogen (secondary N) is 1. The predicted molar refractivity (Wildman–Crippen MR) is 79.0 cm³/mol. The number of aromatic amines is 1. The molecule has 1 spiro atoms. The van der Waals surface area contributed by atoms with Crippen molar-refractivity contribution in [3.05, 3.63) is 32.6 Å². The summed E-state index contributed by atoms with van der Waals surface area (Å²) in [6, 6.07) is 0. The molecule has 0 radical (unpaired) electrons. The highest BCUT2D eigenvalue weighted by Gasteiger charge is 2.49. The second-order valence-electron chi connectivity index (χ2n) is 6.13. The first-order valence-electron chi connectivity index (χ1n) is 7.31. The number of carbonyl (C=O) groups excluding carboxylic acids is 2. The second-order valence-corrected chi connectivity index (χ2v) is 6.13. The van der Waals surface area contributed by atoms with Crippen molar-refractivity contribution in [2.75, 3.05) is 26.7 Å². The van der Waals surface area contributed by atoms with Crippen LogP contribution in [0.1, 0.15) is 12.0 Å². The molecule has 0 aromatic carbocycles. The Balaban J connectivity index is 1.71. The zero-order valence-corrected chi connectivity index (χ0v) is 13.0. The van der Waals surface area contributed by atoms with Crippen molar-refractivity contribution in [2.45, 2.75) is 18.4 Å². The van der Waals surface area contributed by atoms with Gasteiger partial charge < -0.3 is 19.5 Å². The molecule has 3 rings (SSSR count). The van der Waals surface area contributed by atoms with Gasteiger partial charge in [0.1, 0.15) is 0 Å². The third kappa shape index (κ3) is 2.62. The van der Waals surface area contributed by atoms with Gasteiger partial charge in [0.15, 0.2) is 5.60 Å². The SMILES string of the molecule is CN1CC2(CCN(C(=O)Cc3c[nH]c(=O)n(C)c3=O)C2)OC1=O. The largest absolute Gasteiger partial charge is 0.439 e. The molecule has 9 heteroatoms. The summed E-state index contributed by atoms with van der Waals surface area (Å²) in [6.07, 6.45) is 1.38. The molecule has 1 atom stereocenters. The van der Waals surface area contributed by atoms with Crippen LogP contribution < -0.4 is 11.2 Å². The van der Waals surface area contributed by atoms with Crippen molar-refractivity contribution < 1.29 is 14.3 Å². The lowest BCUT2D eigenvalue weighted by molar-refractivity contribution is -0.130. The average molecular weight is 322 g/mol. The highest BCUT2D eigenvalue weighted by atomic mass is 16.6. The van der Waals surface area contributed by atoms with Crippen LogP contribution in [0.3, 0.4) is 0 Å². The number of likely N-dealkylation sites (N-methyl/N-ethyl adjacent to an activating group) is 1. The first kappa shape index (κ1) is 15.3. The highest BCUT2D eigenvalue weighted by Crippen LogP contribution is 2.31. The summed E-state index contributed by atoms with van der Waals surface area (Å²) in [6.45, 7) is 1.26. The Hall–Kier alpha value is -2.58. The molecule has 2 fully saturated rings. The van der Waals surface area contributed by atoms with Crippen molar-refractivity contribution in [3.8, 4) is 0 Å². The maximum atomic E-state index is 12.4. The van der Waals surface area contributed by atoms with E-state index in [2.05, 4.69) is 4.98 Å². The summed E-state index contributed by atoms with van der Waals surface area (Å²) in [5, 5.41) is 0. The van der Waals surface area contributed by atoms with Crippen LogP contribution in [0.25, 0.3) is 0 Å². The van der Waals surface area contributed by atoms with Crippen LogP contribution in [0.4, 0.5) is 4.79 Å². The Morgan fingerprint density at radius 2 is 2.04 bits per heavy atom. The fourth-order valence-electron chi connectivity index (χ4n) is 3.08. The molecular weight excluding hydrogens is 304 g/mol. The Labute approximate surface area is 131 Å². The topological polar surface area (TPSA) is 105 Å². The normalized spacial score (nSPS) is 23.7. The molecule has 1 aromatic rings. The zero-order valence-electron chi connectivity index (χ0n) is 13.0. The van der Waals surface area contributed by atoms with Gasteiger partial charge in [0, 0.05) is 38.8 Å². The lowest BCUT2D eigenvalue weighted by Gasteiger charge is -2.21. The molecule has 124 valence electrons. The third-order valence-electron chi connectivity index (χ3n) is 4.41. The van der Waals surface area contributed by atoms with Gasteiger partial charge in [0.25, 0.3) is 5.56 Å². The van der Waals surface area contributed by atoms with Gasteiger partial charge in [-0.25, -0.2) is 9.59 Å². The van der Waals surface area contributed by atoms with Crippen molar-refractivity contribution >= 4 is 12.0 Å². The molecule has 9 nitrogen and oxygen atoms in total. The Bertz CT molecular complexity index is 782. The van der Waals surface area contributed by atoms with E-state index in [0.717, 1.165) is 4.57 Å². The molecule has 2 aliphatic heterocycles. The lowest BCUT2D eigenvalue weighted by atomic mass is 10.0. The number of carbonyl (C=O) groups is 2. The molecular formula is C14H18N4O5. The van der Waals surface area contributed by atoms with Gasteiger partial charge >= 0.3 is 11.8 Å². The fraction of sp³-hybridized carbons (Fsp3) is 0.571. The summed E-state index contributed by atoms with van der Waals surface area (Å²) >= 11 is 0. The van der Waals surface area contributed by atoms with E-state index in [-0.39, 0.29) is 24.0 Å². The summed E-state index contributed by atoms with van der Waals surface area (Å²) < 4.78 is 6.32. The molecule has 1 N–H and O–H groups in total. The van der Waals surface area contributed by atoms with E-state index >= 15 is 0 Å². The van der Waals surface area contributed by atoms with Crippen LogP contribution in [0.2, 0.25) is 0 Å². The molecule has 0 aliphatic carbocycles. The van der Waals surface area contributed by atoms with E-state index in [1.54, 1.807) is 11.9 Å². The van der Waals surface area contributed by atoms with Crippen LogP contribution in [-0.4, -0.2) is 63.6 Å².